The minimum Gasteiger partial charge on any atom is -0.491 e. The average molecular weight is 573 g/mol. The Morgan fingerprint density at radius 3 is 2.78 bits per heavy atom. The topological polar surface area (TPSA) is 90.8 Å². The van der Waals surface area contributed by atoms with E-state index in [1.165, 1.54) is 29.8 Å². The van der Waals surface area contributed by atoms with Crippen molar-refractivity contribution in [2.75, 3.05) is 13.2 Å². The van der Waals surface area contributed by atoms with E-state index in [4.69, 9.17) is 14.2 Å². The van der Waals surface area contributed by atoms with Crippen molar-refractivity contribution in [2.45, 2.75) is 31.5 Å². The Kier molecular flexibility index (Phi) is 7.45. The zero-order chi connectivity index (χ0) is 25.1. The molecule has 1 aliphatic heterocycles. The number of halogens is 2. The summed E-state index contributed by atoms with van der Waals surface area (Å²) in [6.45, 7) is 1.15. The fourth-order valence-corrected chi connectivity index (χ4v) is 6.03. The Balaban J connectivity index is 1.40. The van der Waals surface area contributed by atoms with Gasteiger partial charge in [-0.2, -0.15) is 0 Å². The first-order valence-electron chi connectivity index (χ1n) is 11.4. The van der Waals surface area contributed by atoms with Crippen molar-refractivity contribution in [2.24, 2.45) is 0 Å². The largest absolute Gasteiger partial charge is 0.491 e. The molecule has 1 fully saturated rings. The highest BCUT2D eigenvalue weighted by Gasteiger charge is 2.26. The monoisotopic (exact) mass is 572 g/mol. The minimum absolute atomic E-state index is 0.0464. The smallest absolute Gasteiger partial charge is 0.345 e. The maximum Gasteiger partial charge on any atom is 0.345 e. The summed E-state index contributed by atoms with van der Waals surface area (Å²) in [6, 6.07) is 13.4. The molecule has 186 valence electrons. The Labute approximate surface area is 219 Å². The number of aliphatic carboxylic acids is 1. The quantitative estimate of drug-likeness (QED) is 0.267. The molecule has 2 aromatic heterocycles. The second-order valence-corrected chi connectivity index (χ2v) is 10.1. The molecule has 0 spiro atoms. The first kappa shape index (κ1) is 24.6. The van der Waals surface area contributed by atoms with Crippen molar-refractivity contribution in [3.05, 3.63) is 70.7 Å². The Morgan fingerprint density at radius 1 is 1.22 bits per heavy atom. The normalized spacial score (nSPS) is 16.2. The lowest BCUT2D eigenvalue weighted by atomic mass is 10.1. The molecule has 7 nitrogen and oxygen atoms in total. The lowest BCUT2D eigenvalue weighted by Crippen LogP contribution is -2.30. The molecule has 0 unspecified atom stereocenters. The molecule has 3 heterocycles. The van der Waals surface area contributed by atoms with Gasteiger partial charge in [0.2, 0.25) is 12.0 Å². The summed E-state index contributed by atoms with van der Waals surface area (Å²) in [5, 5.41) is 10.5. The third-order valence-electron chi connectivity index (χ3n) is 5.86. The SMILES string of the molecule is O=C(O)[C@@H](Cc1ccccc1OC[C@H]1CCCO1)Oc1ncnc2sc(-c3ccc(F)cc3)c(Br)c12. The summed E-state index contributed by atoms with van der Waals surface area (Å²) in [5.74, 6) is -0.697. The number of fused-ring (bicyclic) bond motifs is 1. The van der Waals surface area contributed by atoms with Gasteiger partial charge in [-0.15, -0.1) is 11.3 Å². The van der Waals surface area contributed by atoms with Crippen LogP contribution in [0, 0.1) is 5.82 Å². The average Bonchev–Trinajstić information content (AvgIpc) is 3.52. The number of carboxylic acid groups (broad SMARTS) is 1. The van der Waals surface area contributed by atoms with E-state index in [0.29, 0.717) is 32.6 Å². The number of hydrogen-bond donors (Lipinski definition) is 1. The summed E-state index contributed by atoms with van der Waals surface area (Å²) in [7, 11) is 0. The van der Waals surface area contributed by atoms with Crippen molar-refractivity contribution in [1.29, 1.82) is 0 Å². The van der Waals surface area contributed by atoms with Crippen LogP contribution in [0.4, 0.5) is 4.39 Å². The molecule has 10 heteroatoms. The predicted octanol–water partition coefficient (Wildman–Crippen LogP) is 5.89. The van der Waals surface area contributed by atoms with Crippen molar-refractivity contribution in [1.82, 2.24) is 9.97 Å². The van der Waals surface area contributed by atoms with Gasteiger partial charge < -0.3 is 19.3 Å². The molecule has 2 atom stereocenters. The van der Waals surface area contributed by atoms with Gasteiger partial charge in [0.15, 0.2) is 0 Å². The molecular formula is C26H22BrFN2O5S. The zero-order valence-electron chi connectivity index (χ0n) is 19.0. The van der Waals surface area contributed by atoms with Gasteiger partial charge in [-0.25, -0.2) is 19.2 Å². The van der Waals surface area contributed by atoms with Crippen LogP contribution in [-0.2, 0) is 16.0 Å². The molecule has 5 rings (SSSR count). The van der Waals surface area contributed by atoms with Crippen LogP contribution in [0.25, 0.3) is 20.7 Å². The fourth-order valence-electron chi connectivity index (χ4n) is 4.04. The van der Waals surface area contributed by atoms with Gasteiger partial charge >= 0.3 is 5.97 Å². The molecule has 1 aliphatic rings. The van der Waals surface area contributed by atoms with Crippen molar-refractivity contribution in [3.8, 4) is 22.1 Å². The lowest BCUT2D eigenvalue weighted by molar-refractivity contribution is -0.145. The first-order chi connectivity index (χ1) is 17.5. The van der Waals surface area contributed by atoms with Gasteiger partial charge in [0.25, 0.3) is 0 Å². The van der Waals surface area contributed by atoms with Crippen LogP contribution in [0.15, 0.2) is 59.3 Å². The van der Waals surface area contributed by atoms with E-state index in [9.17, 15) is 14.3 Å². The number of nitrogens with zero attached hydrogens (tertiary/aromatic N) is 2. The molecule has 1 saturated heterocycles. The summed E-state index contributed by atoms with van der Waals surface area (Å²) in [6.07, 6.45) is 2.21. The number of ether oxygens (including phenoxy) is 3. The molecule has 2 aromatic carbocycles. The van der Waals surface area contributed by atoms with Crippen molar-refractivity contribution >= 4 is 43.5 Å². The molecule has 4 aromatic rings. The number of carboxylic acids is 1. The van der Waals surface area contributed by atoms with E-state index < -0.39 is 12.1 Å². The van der Waals surface area contributed by atoms with E-state index >= 15 is 0 Å². The van der Waals surface area contributed by atoms with E-state index in [-0.39, 0.29) is 24.2 Å². The van der Waals surface area contributed by atoms with Crippen LogP contribution in [0.2, 0.25) is 0 Å². The van der Waals surface area contributed by atoms with E-state index in [0.717, 1.165) is 29.9 Å². The Bertz CT molecular complexity index is 1370. The lowest BCUT2D eigenvalue weighted by Gasteiger charge is -2.18. The van der Waals surface area contributed by atoms with Crippen LogP contribution < -0.4 is 9.47 Å². The molecule has 36 heavy (non-hydrogen) atoms. The van der Waals surface area contributed by atoms with Gasteiger partial charge in [0.05, 0.1) is 20.8 Å². The second kappa shape index (κ2) is 10.9. The highest BCUT2D eigenvalue weighted by atomic mass is 79.9. The molecule has 0 bridgehead atoms. The Morgan fingerprint density at radius 2 is 2.03 bits per heavy atom. The van der Waals surface area contributed by atoms with Crippen molar-refractivity contribution < 1.29 is 28.5 Å². The standard InChI is InChI=1S/C26H22BrFN2O5S/c27-22-21-24(29-14-30-25(21)36-23(22)15-7-9-17(28)10-8-15)35-20(26(31)32)12-16-4-1-2-6-19(16)34-13-18-5-3-11-33-18/h1-2,4,6-10,14,18,20H,3,5,11-13H2,(H,31,32)/t18-,20-/m1/s1. The first-order valence-corrected chi connectivity index (χ1v) is 13.0. The van der Waals surface area contributed by atoms with Crippen LogP contribution in [0.3, 0.4) is 0 Å². The van der Waals surface area contributed by atoms with Gasteiger partial charge in [-0.05, 0) is 58.1 Å². The number of hydrogen-bond acceptors (Lipinski definition) is 7. The van der Waals surface area contributed by atoms with Gasteiger partial charge in [0, 0.05) is 13.0 Å². The summed E-state index contributed by atoms with van der Waals surface area (Å²) in [4.78, 5) is 22.2. The molecule has 0 saturated carbocycles. The number of thiophene rings is 1. The maximum absolute atomic E-state index is 13.4. The predicted molar refractivity (Wildman–Crippen MR) is 137 cm³/mol. The maximum atomic E-state index is 13.4. The second-order valence-electron chi connectivity index (χ2n) is 8.31. The molecule has 0 aliphatic carbocycles. The van der Waals surface area contributed by atoms with Crippen LogP contribution in [0.1, 0.15) is 18.4 Å². The van der Waals surface area contributed by atoms with E-state index in [2.05, 4.69) is 25.9 Å². The summed E-state index contributed by atoms with van der Waals surface area (Å²) in [5.41, 5.74) is 1.51. The number of aromatic nitrogens is 2. The minimum atomic E-state index is -1.21. The Hall–Kier alpha value is -3.08. The molecule has 0 radical (unpaired) electrons. The fraction of sp³-hybridized carbons (Fsp3) is 0.269. The van der Waals surface area contributed by atoms with Crippen LogP contribution in [0.5, 0.6) is 11.6 Å². The number of benzene rings is 2. The van der Waals surface area contributed by atoms with Crippen LogP contribution >= 0.6 is 27.3 Å². The summed E-state index contributed by atoms with van der Waals surface area (Å²) < 4.78 is 31.6. The van der Waals surface area contributed by atoms with Crippen LogP contribution in [-0.4, -0.2) is 46.5 Å². The van der Waals surface area contributed by atoms with Crippen molar-refractivity contribution in [3.63, 3.8) is 0 Å². The van der Waals surface area contributed by atoms with E-state index in [1.807, 2.05) is 24.3 Å². The van der Waals surface area contributed by atoms with Gasteiger partial charge in [0.1, 0.15) is 29.3 Å². The zero-order valence-corrected chi connectivity index (χ0v) is 21.4. The highest BCUT2D eigenvalue weighted by molar-refractivity contribution is 9.10. The summed E-state index contributed by atoms with van der Waals surface area (Å²) >= 11 is 4.97. The van der Waals surface area contributed by atoms with Gasteiger partial charge in [-0.1, -0.05) is 30.3 Å². The molecule has 1 N–H and O–H groups in total. The third-order valence-corrected chi connectivity index (χ3v) is 8.06. The highest BCUT2D eigenvalue weighted by Crippen LogP contribution is 2.44. The van der Waals surface area contributed by atoms with E-state index in [1.54, 1.807) is 12.1 Å². The molecule has 0 amide bonds. The number of rotatable bonds is 9. The molecular weight excluding hydrogens is 551 g/mol. The number of carbonyl (C=O) groups is 1. The van der Waals surface area contributed by atoms with Gasteiger partial charge in [-0.3, -0.25) is 0 Å². The third kappa shape index (κ3) is 5.35. The number of para-hydroxylation sites is 1.